The van der Waals surface area contributed by atoms with Gasteiger partial charge in [0, 0.05) is 18.8 Å². The van der Waals surface area contributed by atoms with E-state index in [4.69, 9.17) is 5.73 Å². The Hall–Kier alpha value is -2.30. The predicted molar refractivity (Wildman–Crippen MR) is 82.4 cm³/mol. The Bertz CT molecular complexity index is 605. The number of hydrogen-bond acceptors (Lipinski definition) is 5. The molecule has 3 N–H and O–H groups in total. The first-order chi connectivity index (χ1) is 9.75. The van der Waals surface area contributed by atoms with Gasteiger partial charge in [-0.15, -0.1) is 0 Å². The SMILES string of the molecule is Cc1ccccc1Nc1ncnc(N2CCCC2)c1N. The van der Waals surface area contributed by atoms with Gasteiger partial charge in [-0.25, -0.2) is 9.97 Å². The molecule has 2 heterocycles. The van der Waals surface area contributed by atoms with Gasteiger partial charge in [0.25, 0.3) is 0 Å². The molecule has 5 heteroatoms. The molecular weight excluding hydrogens is 250 g/mol. The average Bonchev–Trinajstić information content (AvgIpc) is 2.97. The fourth-order valence-electron chi connectivity index (χ4n) is 2.51. The van der Waals surface area contributed by atoms with Gasteiger partial charge < -0.3 is 16.0 Å². The summed E-state index contributed by atoms with van der Waals surface area (Å²) in [7, 11) is 0. The molecule has 0 aliphatic carbocycles. The first-order valence-electron chi connectivity index (χ1n) is 6.94. The summed E-state index contributed by atoms with van der Waals surface area (Å²) in [6.45, 7) is 4.09. The highest BCUT2D eigenvalue weighted by molar-refractivity contribution is 5.79. The first kappa shape index (κ1) is 12.7. The number of nitrogen functional groups attached to an aromatic ring is 1. The number of para-hydroxylation sites is 1. The quantitative estimate of drug-likeness (QED) is 0.896. The predicted octanol–water partition coefficient (Wildman–Crippen LogP) is 2.71. The fraction of sp³-hybridized carbons (Fsp3) is 0.333. The Kier molecular flexibility index (Phi) is 3.41. The van der Waals surface area contributed by atoms with Crippen molar-refractivity contribution in [3.63, 3.8) is 0 Å². The van der Waals surface area contributed by atoms with Crippen molar-refractivity contribution < 1.29 is 0 Å². The van der Waals surface area contributed by atoms with Crippen molar-refractivity contribution in [2.24, 2.45) is 0 Å². The largest absolute Gasteiger partial charge is 0.393 e. The standard InChI is InChI=1S/C15H19N5/c1-11-6-2-3-7-12(11)19-14-13(16)15(18-10-17-14)20-8-4-5-9-20/h2-3,6-7,10H,4-5,8-9,16H2,1H3,(H,17,18,19). The van der Waals surface area contributed by atoms with Crippen LogP contribution in [0.25, 0.3) is 0 Å². The van der Waals surface area contributed by atoms with Crippen LogP contribution in [0.4, 0.5) is 23.0 Å². The number of nitrogens with one attached hydrogen (secondary N) is 1. The van der Waals surface area contributed by atoms with E-state index in [0.29, 0.717) is 11.5 Å². The third-order valence-corrected chi connectivity index (χ3v) is 3.67. The number of hydrogen-bond donors (Lipinski definition) is 2. The molecule has 0 unspecified atom stereocenters. The van der Waals surface area contributed by atoms with Gasteiger partial charge in [-0.1, -0.05) is 18.2 Å². The van der Waals surface area contributed by atoms with Crippen molar-refractivity contribution in [2.45, 2.75) is 19.8 Å². The van der Waals surface area contributed by atoms with Crippen molar-refractivity contribution >= 4 is 23.0 Å². The highest BCUT2D eigenvalue weighted by Crippen LogP contribution is 2.30. The van der Waals surface area contributed by atoms with Crippen molar-refractivity contribution in [1.29, 1.82) is 0 Å². The molecule has 1 aliphatic heterocycles. The van der Waals surface area contributed by atoms with Crippen molar-refractivity contribution in [2.75, 3.05) is 29.0 Å². The maximum atomic E-state index is 6.23. The number of anilines is 4. The molecule has 5 nitrogen and oxygen atoms in total. The number of aryl methyl sites for hydroxylation is 1. The summed E-state index contributed by atoms with van der Waals surface area (Å²) in [5.41, 5.74) is 9.03. The van der Waals surface area contributed by atoms with E-state index in [1.54, 1.807) is 6.33 Å². The average molecular weight is 269 g/mol. The van der Waals surface area contributed by atoms with E-state index < -0.39 is 0 Å². The van der Waals surface area contributed by atoms with Gasteiger partial charge in [-0.3, -0.25) is 0 Å². The lowest BCUT2D eigenvalue weighted by molar-refractivity contribution is 0.931. The molecular formula is C15H19N5. The zero-order chi connectivity index (χ0) is 13.9. The summed E-state index contributed by atoms with van der Waals surface area (Å²) < 4.78 is 0. The van der Waals surface area contributed by atoms with Crippen molar-refractivity contribution in [1.82, 2.24) is 9.97 Å². The van der Waals surface area contributed by atoms with Gasteiger partial charge in [0.1, 0.15) is 12.0 Å². The minimum absolute atomic E-state index is 0.623. The van der Waals surface area contributed by atoms with Gasteiger partial charge in [0.15, 0.2) is 11.6 Å². The Morgan fingerprint density at radius 1 is 1.15 bits per heavy atom. The van der Waals surface area contributed by atoms with Crippen LogP contribution in [0.5, 0.6) is 0 Å². The van der Waals surface area contributed by atoms with Crippen LogP contribution in [-0.2, 0) is 0 Å². The number of aromatic nitrogens is 2. The van der Waals surface area contributed by atoms with E-state index in [2.05, 4.69) is 33.2 Å². The lowest BCUT2D eigenvalue weighted by Crippen LogP contribution is -2.21. The topological polar surface area (TPSA) is 67.1 Å². The van der Waals surface area contributed by atoms with Crippen LogP contribution in [0.3, 0.4) is 0 Å². The fourth-order valence-corrected chi connectivity index (χ4v) is 2.51. The Morgan fingerprint density at radius 3 is 2.65 bits per heavy atom. The Balaban J connectivity index is 1.90. The molecule has 0 atom stereocenters. The van der Waals surface area contributed by atoms with Crippen LogP contribution in [0.2, 0.25) is 0 Å². The van der Waals surface area contributed by atoms with E-state index >= 15 is 0 Å². The molecule has 0 spiro atoms. The number of benzene rings is 1. The molecule has 0 radical (unpaired) electrons. The Labute approximate surface area is 118 Å². The van der Waals surface area contributed by atoms with Crippen LogP contribution in [0, 0.1) is 6.92 Å². The summed E-state index contributed by atoms with van der Waals surface area (Å²) in [5, 5.41) is 3.30. The zero-order valence-electron chi connectivity index (χ0n) is 11.6. The monoisotopic (exact) mass is 269 g/mol. The second kappa shape index (κ2) is 5.36. The van der Waals surface area contributed by atoms with Crippen LogP contribution in [-0.4, -0.2) is 23.1 Å². The molecule has 1 aliphatic rings. The third-order valence-electron chi connectivity index (χ3n) is 3.67. The summed E-state index contributed by atoms with van der Waals surface area (Å²) in [5.74, 6) is 1.52. The minimum Gasteiger partial charge on any atom is -0.393 e. The van der Waals surface area contributed by atoms with Crippen molar-refractivity contribution in [3.05, 3.63) is 36.2 Å². The summed E-state index contributed by atoms with van der Waals surface area (Å²) in [6.07, 6.45) is 3.97. The molecule has 104 valence electrons. The molecule has 20 heavy (non-hydrogen) atoms. The van der Waals surface area contributed by atoms with Gasteiger partial charge in [0.2, 0.25) is 0 Å². The molecule has 1 aromatic carbocycles. The van der Waals surface area contributed by atoms with E-state index in [9.17, 15) is 0 Å². The van der Waals surface area contributed by atoms with Gasteiger partial charge in [-0.2, -0.15) is 0 Å². The van der Waals surface area contributed by atoms with Gasteiger partial charge >= 0.3 is 0 Å². The molecule has 0 amide bonds. The lowest BCUT2D eigenvalue weighted by atomic mass is 10.2. The second-order valence-corrected chi connectivity index (χ2v) is 5.09. The third kappa shape index (κ3) is 2.39. The summed E-state index contributed by atoms with van der Waals surface area (Å²) in [4.78, 5) is 10.8. The summed E-state index contributed by atoms with van der Waals surface area (Å²) in [6, 6.07) is 8.08. The molecule has 0 bridgehead atoms. The lowest BCUT2D eigenvalue weighted by Gasteiger charge is -2.20. The van der Waals surface area contributed by atoms with Crippen LogP contribution in [0.15, 0.2) is 30.6 Å². The Morgan fingerprint density at radius 2 is 1.90 bits per heavy atom. The van der Waals surface area contributed by atoms with Gasteiger partial charge in [0.05, 0.1) is 0 Å². The number of rotatable bonds is 3. The van der Waals surface area contributed by atoms with E-state index in [-0.39, 0.29) is 0 Å². The zero-order valence-corrected chi connectivity index (χ0v) is 11.6. The number of nitrogens with zero attached hydrogens (tertiary/aromatic N) is 3. The van der Waals surface area contributed by atoms with E-state index in [1.807, 2.05) is 18.2 Å². The van der Waals surface area contributed by atoms with Crippen LogP contribution in [0.1, 0.15) is 18.4 Å². The first-order valence-corrected chi connectivity index (χ1v) is 6.94. The smallest absolute Gasteiger partial charge is 0.159 e. The number of nitrogens with two attached hydrogens (primary N) is 1. The molecule has 1 saturated heterocycles. The molecule has 2 aromatic rings. The normalized spacial score (nSPS) is 14.6. The molecule has 1 aromatic heterocycles. The minimum atomic E-state index is 0.623. The van der Waals surface area contributed by atoms with Crippen LogP contribution < -0.4 is 16.0 Å². The molecule has 3 rings (SSSR count). The highest BCUT2D eigenvalue weighted by Gasteiger charge is 2.18. The maximum absolute atomic E-state index is 6.23. The highest BCUT2D eigenvalue weighted by atomic mass is 15.2. The molecule has 0 saturated carbocycles. The second-order valence-electron chi connectivity index (χ2n) is 5.09. The maximum Gasteiger partial charge on any atom is 0.159 e. The van der Waals surface area contributed by atoms with Gasteiger partial charge in [-0.05, 0) is 31.4 Å². The molecule has 1 fully saturated rings. The van der Waals surface area contributed by atoms with E-state index in [0.717, 1.165) is 30.2 Å². The van der Waals surface area contributed by atoms with Crippen LogP contribution >= 0.6 is 0 Å². The van der Waals surface area contributed by atoms with Crippen molar-refractivity contribution in [3.8, 4) is 0 Å². The summed E-state index contributed by atoms with van der Waals surface area (Å²) >= 11 is 0. The van der Waals surface area contributed by atoms with E-state index in [1.165, 1.54) is 12.8 Å².